The topological polar surface area (TPSA) is 64.6 Å². The van der Waals surface area contributed by atoms with Crippen molar-refractivity contribution >= 4 is 17.4 Å². The number of carbonyl (C=O) groups is 2. The molecule has 0 saturated heterocycles. The van der Waals surface area contributed by atoms with E-state index in [-0.39, 0.29) is 24.5 Å². The van der Waals surface area contributed by atoms with Crippen molar-refractivity contribution in [1.29, 1.82) is 0 Å². The standard InChI is InChI=1S/C13H17NO4/c1-9(15)4-7-13(16)14-10-5-6-11(17-2)12(8-10)18-3/h5-6,8H,4,7H2,1-3H3,(H,14,16). The summed E-state index contributed by atoms with van der Waals surface area (Å²) in [5.74, 6) is 0.941. The minimum absolute atomic E-state index is 0.00235. The van der Waals surface area contributed by atoms with Gasteiger partial charge < -0.3 is 19.6 Å². The molecule has 0 aliphatic carbocycles. The van der Waals surface area contributed by atoms with Crippen molar-refractivity contribution in [2.75, 3.05) is 19.5 Å². The van der Waals surface area contributed by atoms with Gasteiger partial charge in [0.25, 0.3) is 0 Å². The Hall–Kier alpha value is -2.04. The maximum absolute atomic E-state index is 11.5. The lowest BCUT2D eigenvalue weighted by molar-refractivity contribution is -0.121. The van der Waals surface area contributed by atoms with Crippen LogP contribution in [0.5, 0.6) is 11.5 Å². The molecule has 98 valence electrons. The number of amides is 1. The predicted octanol–water partition coefficient (Wildman–Crippen LogP) is 2.01. The lowest BCUT2D eigenvalue weighted by Gasteiger charge is -2.10. The first-order valence-electron chi connectivity index (χ1n) is 5.58. The van der Waals surface area contributed by atoms with Gasteiger partial charge in [0.1, 0.15) is 5.78 Å². The van der Waals surface area contributed by atoms with Crippen molar-refractivity contribution in [3.63, 3.8) is 0 Å². The van der Waals surface area contributed by atoms with Crippen LogP contribution in [0.25, 0.3) is 0 Å². The SMILES string of the molecule is COc1ccc(NC(=O)CCC(C)=O)cc1OC. The first-order chi connectivity index (χ1) is 8.56. The van der Waals surface area contributed by atoms with Crippen LogP contribution in [0.3, 0.4) is 0 Å². The summed E-state index contributed by atoms with van der Waals surface area (Å²) in [5.41, 5.74) is 0.612. The van der Waals surface area contributed by atoms with Gasteiger partial charge >= 0.3 is 0 Å². The third-order valence-corrected chi connectivity index (χ3v) is 2.37. The van der Waals surface area contributed by atoms with Crippen LogP contribution >= 0.6 is 0 Å². The maximum atomic E-state index is 11.5. The number of hydrogen-bond acceptors (Lipinski definition) is 4. The van der Waals surface area contributed by atoms with Crippen molar-refractivity contribution in [3.05, 3.63) is 18.2 Å². The molecule has 0 unspecified atom stereocenters. The highest BCUT2D eigenvalue weighted by molar-refractivity contribution is 5.93. The van der Waals surface area contributed by atoms with Crippen LogP contribution in [-0.4, -0.2) is 25.9 Å². The third-order valence-electron chi connectivity index (χ3n) is 2.37. The van der Waals surface area contributed by atoms with Crippen LogP contribution < -0.4 is 14.8 Å². The summed E-state index contributed by atoms with van der Waals surface area (Å²) in [6.07, 6.45) is 0.433. The van der Waals surface area contributed by atoms with E-state index in [1.54, 1.807) is 25.3 Å². The van der Waals surface area contributed by atoms with E-state index in [0.29, 0.717) is 17.2 Å². The molecule has 0 spiro atoms. The van der Waals surface area contributed by atoms with Crippen LogP contribution in [0.4, 0.5) is 5.69 Å². The molecule has 0 radical (unpaired) electrons. The molecule has 0 heterocycles. The van der Waals surface area contributed by atoms with Gasteiger partial charge in [0.2, 0.25) is 5.91 Å². The summed E-state index contributed by atoms with van der Waals surface area (Å²) in [7, 11) is 3.07. The van der Waals surface area contributed by atoms with Gasteiger partial charge in [-0.1, -0.05) is 0 Å². The summed E-state index contributed by atoms with van der Waals surface area (Å²) in [6.45, 7) is 1.46. The molecular weight excluding hydrogens is 234 g/mol. The second kappa shape index (κ2) is 6.64. The maximum Gasteiger partial charge on any atom is 0.224 e. The molecule has 0 aromatic heterocycles. The Morgan fingerprint density at radius 1 is 1.11 bits per heavy atom. The monoisotopic (exact) mass is 251 g/mol. The Morgan fingerprint density at radius 3 is 2.33 bits per heavy atom. The quantitative estimate of drug-likeness (QED) is 0.840. The van der Waals surface area contributed by atoms with Crippen molar-refractivity contribution < 1.29 is 19.1 Å². The highest BCUT2D eigenvalue weighted by Crippen LogP contribution is 2.29. The van der Waals surface area contributed by atoms with E-state index < -0.39 is 0 Å². The van der Waals surface area contributed by atoms with Crippen LogP contribution in [0.15, 0.2) is 18.2 Å². The summed E-state index contributed by atoms with van der Waals surface area (Å²) < 4.78 is 10.2. The molecule has 0 aliphatic rings. The first kappa shape index (κ1) is 14.0. The lowest BCUT2D eigenvalue weighted by Crippen LogP contribution is -2.12. The largest absolute Gasteiger partial charge is 0.493 e. The number of Topliss-reactive ketones (excluding diaryl/α,β-unsaturated/α-hetero) is 1. The number of carbonyl (C=O) groups excluding carboxylic acids is 2. The molecule has 0 saturated carbocycles. The smallest absolute Gasteiger partial charge is 0.224 e. The third kappa shape index (κ3) is 4.08. The molecule has 0 atom stereocenters. The minimum atomic E-state index is -0.197. The minimum Gasteiger partial charge on any atom is -0.493 e. The number of ether oxygens (including phenoxy) is 2. The summed E-state index contributed by atoms with van der Waals surface area (Å²) >= 11 is 0. The Bertz CT molecular complexity index is 443. The van der Waals surface area contributed by atoms with Crippen molar-refractivity contribution in [3.8, 4) is 11.5 Å². The zero-order valence-electron chi connectivity index (χ0n) is 10.8. The highest BCUT2D eigenvalue weighted by atomic mass is 16.5. The molecule has 5 nitrogen and oxygen atoms in total. The fraction of sp³-hybridized carbons (Fsp3) is 0.385. The van der Waals surface area contributed by atoms with Crippen LogP contribution in [0.2, 0.25) is 0 Å². The Balaban J connectivity index is 2.67. The van der Waals surface area contributed by atoms with Gasteiger partial charge in [-0.2, -0.15) is 0 Å². The normalized spacial score (nSPS) is 9.72. The Morgan fingerprint density at radius 2 is 1.78 bits per heavy atom. The van der Waals surface area contributed by atoms with E-state index >= 15 is 0 Å². The van der Waals surface area contributed by atoms with E-state index in [0.717, 1.165) is 0 Å². The van der Waals surface area contributed by atoms with E-state index in [1.807, 2.05) is 0 Å². The average Bonchev–Trinajstić information content (AvgIpc) is 2.36. The van der Waals surface area contributed by atoms with Gasteiger partial charge in [-0.05, 0) is 19.1 Å². The number of methoxy groups -OCH3 is 2. The zero-order chi connectivity index (χ0) is 13.5. The van der Waals surface area contributed by atoms with Gasteiger partial charge in [-0.25, -0.2) is 0 Å². The fourth-order valence-electron chi connectivity index (χ4n) is 1.43. The van der Waals surface area contributed by atoms with Crippen molar-refractivity contribution in [2.45, 2.75) is 19.8 Å². The Kier molecular flexibility index (Phi) is 5.17. The molecule has 1 amide bonds. The van der Waals surface area contributed by atoms with E-state index in [2.05, 4.69) is 5.32 Å². The van der Waals surface area contributed by atoms with Crippen LogP contribution in [-0.2, 0) is 9.59 Å². The number of hydrogen-bond donors (Lipinski definition) is 1. The molecule has 18 heavy (non-hydrogen) atoms. The summed E-state index contributed by atoms with van der Waals surface area (Å²) in [4.78, 5) is 22.3. The second-order valence-corrected chi connectivity index (χ2v) is 3.82. The number of anilines is 1. The fourth-order valence-corrected chi connectivity index (χ4v) is 1.43. The van der Waals surface area contributed by atoms with Crippen molar-refractivity contribution in [2.24, 2.45) is 0 Å². The van der Waals surface area contributed by atoms with Crippen LogP contribution in [0.1, 0.15) is 19.8 Å². The molecule has 1 rings (SSSR count). The Labute approximate surface area is 106 Å². The average molecular weight is 251 g/mol. The van der Waals surface area contributed by atoms with Gasteiger partial charge in [0, 0.05) is 24.6 Å². The molecule has 1 N–H and O–H groups in total. The predicted molar refractivity (Wildman–Crippen MR) is 68.1 cm³/mol. The van der Waals surface area contributed by atoms with E-state index in [1.165, 1.54) is 14.0 Å². The van der Waals surface area contributed by atoms with Crippen molar-refractivity contribution in [1.82, 2.24) is 0 Å². The summed E-state index contributed by atoms with van der Waals surface area (Å²) in [5, 5.41) is 2.70. The number of nitrogens with one attached hydrogen (secondary N) is 1. The molecule has 1 aromatic rings. The number of rotatable bonds is 6. The molecule has 5 heteroatoms. The van der Waals surface area contributed by atoms with Crippen LogP contribution in [0, 0.1) is 0 Å². The first-order valence-corrected chi connectivity index (χ1v) is 5.58. The molecule has 0 aliphatic heterocycles. The molecule has 0 bridgehead atoms. The number of benzene rings is 1. The number of ketones is 1. The highest BCUT2D eigenvalue weighted by Gasteiger charge is 2.08. The summed E-state index contributed by atoms with van der Waals surface area (Å²) in [6, 6.07) is 5.09. The van der Waals surface area contributed by atoms with Gasteiger partial charge in [0.05, 0.1) is 14.2 Å². The van der Waals surface area contributed by atoms with Gasteiger partial charge in [-0.15, -0.1) is 0 Å². The molecule has 1 aromatic carbocycles. The zero-order valence-corrected chi connectivity index (χ0v) is 10.8. The van der Waals surface area contributed by atoms with Gasteiger partial charge in [-0.3, -0.25) is 4.79 Å². The van der Waals surface area contributed by atoms with E-state index in [9.17, 15) is 9.59 Å². The van der Waals surface area contributed by atoms with E-state index in [4.69, 9.17) is 9.47 Å². The molecular formula is C13H17NO4. The lowest BCUT2D eigenvalue weighted by atomic mass is 10.2. The second-order valence-electron chi connectivity index (χ2n) is 3.82. The molecule has 0 fully saturated rings. The van der Waals surface area contributed by atoms with Gasteiger partial charge in [0.15, 0.2) is 11.5 Å².